The van der Waals surface area contributed by atoms with Crippen molar-refractivity contribution < 1.29 is 4.79 Å². The predicted molar refractivity (Wildman–Crippen MR) is 125 cm³/mol. The summed E-state index contributed by atoms with van der Waals surface area (Å²) in [5, 5.41) is 1.16. The number of carbonyl (C=O) groups is 1. The number of nitrogens with zero attached hydrogens (tertiary/aromatic N) is 5. The summed E-state index contributed by atoms with van der Waals surface area (Å²) in [5.41, 5.74) is 3.43. The third kappa shape index (κ3) is 3.76. The molecular weight excluding hydrogens is 433 g/mol. The number of anilines is 1. The molecule has 2 aromatic rings. The van der Waals surface area contributed by atoms with Crippen molar-refractivity contribution in [1.29, 1.82) is 0 Å². The highest BCUT2D eigenvalue weighted by Gasteiger charge is 2.36. The number of amides is 1. The van der Waals surface area contributed by atoms with Crippen LogP contribution in [-0.2, 0) is 4.79 Å². The number of aliphatic imine (C=N–C) groups is 2. The summed E-state index contributed by atoms with van der Waals surface area (Å²) < 4.78 is 0. The van der Waals surface area contributed by atoms with E-state index in [4.69, 9.17) is 28.2 Å². The van der Waals surface area contributed by atoms with Gasteiger partial charge in [-0.1, -0.05) is 41.4 Å². The molecule has 0 aliphatic carbocycles. The van der Waals surface area contributed by atoms with Crippen LogP contribution in [0.4, 0.5) is 5.69 Å². The number of piperazine rings is 1. The lowest BCUT2D eigenvalue weighted by Crippen LogP contribution is -2.42. The Labute approximate surface area is 191 Å². The van der Waals surface area contributed by atoms with Gasteiger partial charge in [-0.3, -0.25) is 14.7 Å². The van der Waals surface area contributed by atoms with Crippen LogP contribution in [-0.4, -0.2) is 67.0 Å². The van der Waals surface area contributed by atoms with Gasteiger partial charge in [-0.15, -0.1) is 0 Å². The molecule has 2 aromatic carbocycles. The van der Waals surface area contributed by atoms with E-state index in [1.54, 1.807) is 11.0 Å². The number of hydrogen-bond acceptors (Lipinski definition) is 5. The Bertz CT molecular complexity index is 1150. The number of amidine groups is 1. The minimum Gasteiger partial charge on any atom is -0.373 e. The third-order valence-electron chi connectivity index (χ3n) is 5.73. The van der Waals surface area contributed by atoms with Crippen LogP contribution in [0, 0.1) is 0 Å². The van der Waals surface area contributed by atoms with Crippen molar-refractivity contribution in [3.05, 3.63) is 75.5 Å². The minimum absolute atomic E-state index is 0.145. The first-order chi connectivity index (χ1) is 15.0. The van der Waals surface area contributed by atoms with Gasteiger partial charge in [0, 0.05) is 53.6 Å². The zero-order valence-electron chi connectivity index (χ0n) is 17.1. The standard InChI is InChI=1S/C23H21Cl2N5O/c1-28-8-10-29(11-9-28)14-19-23(31)30-20-7-6-15(24)12-17(20)22(26-13-21(30)27-19)16-4-2-3-5-18(16)25/h2-7,12,14H,8-11,13H2,1H3/b19-14+. The highest BCUT2D eigenvalue weighted by atomic mass is 35.5. The second-order valence-corrected chi connectivity index (χ2v) is 8.67. The van der Waals surface area contributed by atoms with E-state index in [0.717, 1.165) is 37.3 Å². The number of fused-ring (bicyclic) bond motifs is 3. The third-order valence-corrected chi connectivity index (χ3v) is 6.30. The van der Waals surface area contributed by atoms with Gasteiger partial charge in [0.2, 0.25) is 0 Å². The lowest BCUT2D eigenvalue weighted by Gasteiger charge is -2.31. The molecule has 8 heteroatoms. The molecule has 0 spiro atoms. The van der Waals surface area contributed by atoms with Gasteiger partial charge in [-0.25, -0.2) is 4.99 Å². The monoisotopic (exact) mass is 453 g/mol. The Morgan fingerprint density at radius 1 is 1.00 bits per heavy atom. The largest absolute Gasteiger partial charge is 0.373 e. The molecule has 0 bridgehead atoms. The predicted octanol–water partition coefficient (Wildman–Crippen LogP) is 3.68. The second kappa shape index (κ2) is 8.11. The van der Waals surface area contributed by atoms with Crippen LogP contribution in [0.5, 0.6) is 0 Å². The maximum atomic E-state index is 13.4. The minimum atomic E-state index is -0.145. The summed E-state index contributed by atoms with van der Waals surface area (Å²) in [6.45, 7) is 3.95. The molecule has 0 unspecified atom stereocenters. The van der Waals surface area contributed by atoms with E-state index in [9.17, 15) is 4.79 Å². The summed E-state index contributed by atoms with van der Waals surface area (Å²) in [7, 11) is 2.10. The Hall–Kier alpha value is -2.67. The quantitative estimate of drug-likeness (QED) is 0.651. The van der Waals surface area contributed by atoms with Crippen LogP contribution in [0.3, 0.4) is 0 Å². The van der Waals surface area contributed by atoms with Crippen molar-refractivity contribution in [1.82, 2.24) is 9.80 Å². The Kier molecular flexibility index (Phi) is 5.30. The first kappa shape index (κ1) is 20.2. The molecule has 3 aliphatic rings. The highest BCUT2D eigenvalue weighted by Crippen LogP contribution is 2.34. The molecule has 6 nitrogen and oxygen atoms in total. The van der Waals surface area contributed by atoms with E-state index in [0.29, 0.717) is 33.0 Å². The summed E-state index contributed by atoms with van der Waals surface area (Å²) in [6.07, 6.45) is 1.88. The molecule has 31 heavy (non-hydrogen) atoms. The Balaban J connectivity index is 1.58. The van der Waals surface area contributed by atoms with Crippen LogP contribution >= 0.6 is 23.2 Å². The fourth-order valence-electron chi connectivity index (χ4n) is 4.04. The molecule has 3 aliphatic heterocycles. The molecule has 0 saturated carbocycles. The van der Waals surface area contributed by atoms with Gasteiger partial charge in [0.25, 0.3) is 5.91 Å². The molecule has 0 N–H and O–H groups in total. The molecule has 158 valence electrons. The van der Waals surface area contributed by atoms with Crippen molar-refractivity contribution in [3.8, 4) is 0 Å². The average molecular weight is 454 g/mol. The molecule has 1 fully saturated rings. The van der Waals surface area contributed by atoms with Gasteiger partial charge in [0.15, 0.2) is 0 Å². The molecular formula is C23H21Cl2N5O. The van der Waals surface area contributed by atoms with Gasteiger partial charge < -0.3 is 9.80 Å². The number of halogens is 2. The first-order valence-corrected chi connectivity index (χ1v) is 10.9. The zero-order valence-corrected chi connectivity index (χ0v) is 18.6. The van der Waals surface area contributed by atoms with Crippen LogP contribution in [0.25, 0.3) is 0 Å². The fourth-order valence-corrected chi connectivity index (χ4v) is 4.44. The van der Waals surface area contributed by atoms with Crippen LogP contribution < -0.4 is 4.90 Å². The van der Waals surface area contributed by atoms with Gasteiger partial charge in [0.05, 0.1) is 17.9 Å². The molecule has 5 rings (SSSR count). The van der Waals surface area contributed by atoms with Crippen LogP contribution in [0.1, 0.15) is 11.1 Å². The van der Waals surface area contributed by atoms with Crippen molar-refractivity contribution in [2.75, 3.05) is 44.7 Å². The summed E-state index contributed by atoms with van der Waals surface area (Å²) in [6, 6.07) is 13.0. The van der Waals surface area contributed by atoms with E-state index < -0.39 is 0 Å². The van der Waals surface area contributed by atoms with Gasteiger partial charge in [-0.2, -0.15) is 0 Å². The summed E-state index contributed by atoms with van der Waals surface area (Å²) >= 11 is 12.8. The maximum Gasteiger partial charge on any atom is 0.284 e. The average Bonchev–Trinajstić information content (AvgIpc) is 2.97. The van der Waals surface area contributed by atoms with E-state index in [1.807, 2.05) is 42.6 Å². The summed E-state index contributed by atoms with van der Waals surface area (Å²) in [4.78, 5) is 28.9. The molecule has 1 saturated heterocycles. The van der Waals surface area contributed by atoms with E-state index in [-0.39, 0.29) is 12.5 Å². The Morgan fingerprint density at radius 3 is 2.55 bits per heavy atom. The van der Waals surface area contributed by atoms with E-state index in [1.165, 1.54) is 0 Å². The second-order valence-electron chi connectivity index (χ2n) is 7.83. The van der Waals surface area contributed by atoms with E-state index in [2.05, 4.69) is 21.8 Å². The molecule has 0 radical (unpaired) electrons. The first-order valence-electron chi connectivity index (χ1n) is 10.2. The smallest absolute Gasteiger partial charge is 0.284 e. The normalized spacial score (nSPS) is 20.4. The molecule has 1 amide bonds. The fraction of sp³-hybridized carbons (Fsp3) is 0.261. The lowest BCUT2D eigenvalue weighted by atomic mass is 10.00. The van der Waals surface area contributed by atoms with Crippen LogP contribution in [0.2, 0.25) is 10.0 Å². The molecule has 0 atom stereocenters. The maximum absolute atomic E-state index is 13.4. The van der Waals surface area contributed by atoms with Gasteiger partial charge in [0.1, 0.15) is 11.5 Å². The van der Waals surface area contributed by atoms with Crippen molar-refractivity contribution >= 4 is 46.3 Å². The Morgan fingerprint density at radius 2 is 1.77 bits per heavy atom. The number of rotatable bonds is 2. The number of hydrogen-bond donors (Lipinski definition) is 0. The zero-order chi connectivity index (χ0) is 21.5. The SMILES string of the molecule is CN1CCN(/C=C2/N=C3CN=C(c4ccccc4Cl)c4cc(Cl)ccc4N3C2=O)CC1. The van der Waals surface area contributed by atoms with Crippen molar-refractivity contribution in [2.45, 2.75) is 0 Å². The lowest BCUT2D eigenvalue weighted by molar-refractivity contribution is -0.114. The number of likely N-dealkylation sites (N-methyl/N-ethyl adjacent to an activating group) is 1. The van der Waals surface area contributed by atoms with Crippen LogP contribution in [0.15, 0.2) is 64.3 Å². The number of carbonyl (C=O) groups excluding carboxylic acids is 1. The summed E-state index contributed by atoms with van der Waals surface area (Å²) in [5.74, 6) is 0.462. The molecule has 3 heterocycles. The molecule has 0 aromatic heterocycles. The van der Waals surface area contributed by atoms with Crippen molar-refractivity contribution in [3.63, 3.8) is 0 Å². The van der Waals surface area contributed by atoms with Gasteiger partial charge >= 0.3 is 0 Å². The van der Waals surface area contributed by atoms with Gasteiger partial charge in [-0.05, 0) is 31.3 Å². The van der Waals surface area contributed by atoms with Crippen molar-refractivity contribution in [2.24, 2.45) is 9.98 Å². The van der Waals surface area contributed by atoms with E-state index >= 15 is 0 Å². The highest BCUT2D eigenvalue weighted by molar-refractivity contribution is 6.38. The topological polar surface area (TPSA) is 51.5 Å². The number of benzene rings is 2.